The summed E-state index contributed by atoms with van der Waals surface area (Å²) in [6.45, 7) is 11.4. The third kappa shape index (κ3) is 3.26. The van der Waals surface area contributed by atoms with Gasteiger partial charge >= 0.3 is 0 Å². The number of carbonyl (C=O) groups excluding carboxylic acids is 1. The fourth-order valence-electron chi connectivity index (χ4n) is 2.48. The molecule has 0 radical (unpaired) electrons. The number of guanidine groups is 1. The van der Waals surface area contributed by atoms with E-state index in [1.54, 1.807) is 23.3 Å². The van der Waals surface area contributed by atoms with Crippen molar-refractivity contribution in [3.05, 3.63) is 11.8 Å². The molecule has 0 unspecified atom stereocenters. The SMILES string of the molecule is CON1C(N2CCCC2=O)=NC=C(C#C[Si](C)(C)C)C1(C)C. The number of hydrogen-bond acceptors (Lipinski definition) is 4. The summed E-state index contributed by atoms with van der Waals surface area (Å²) in [6.07, 6.45) is 3.22. The Kier molecular flexibility index (Phi) is 4.50. The largest absolute Gasteiger partial charge is 0.281 e. The summed E-state index contributed by atoms with van der Waals surface area (Å²) in [7, 11) is 0.140. The highest BCUT2D eigenvalue weighted by molar-refractivity contribution is 6.83. The minimum absolute atomic E-state index is 0.0987. The Hall–Kier alpha value is -1.58. The number of hydroxylamine groups is 2. The lowest BCUT2D eigenvalue weighted by Crippen LogP contribution is -2.56. The monoisotopic (exact) mass is 319 g/mol. The molecule has 1 saturated heterocycles. The van der Waals surface area contributed by atoms with E-state index in [2.05, 4.69) is 36.1 Å². The van der Waals surface area contributed by atoms with Gasteiger partial charge in [-0.05, 0) is 20.3 Å². The van der Waals surface area contributed by atoms with Gasteiger partial charge in [-0.2, -0.15) is 0 Å². The molecule has 0 aliphatic carbocycles. The second-order valence-electron chi connectivity index (χ2n) is 7.16. The molecule has 2 aliphatic rings. The summed E-state index contributed by atoms with van der Waals surface area (Å²) in [5, 5.41) is 1.70. The summed E-state index contributed by atoms with van der Waals surface area (Å²) in [6, 6.07) is 0. The number of nitrogens with zero attached hydrogens (tertiary/aromatic N) is 3. The molecule has 0 aromatic carbocycles. The smallest absolute Gasteiger partial charge is 0.233 e. The van der Waals surface area contributed by atoms with Gasteiger partial charge < -0.3 is 0 Å². The average molecular weight is 319 g/mol. The van der Waals surface area contributed by atoms with Gasteiger partial charge in [0.15, 0.2) is 0 Å². The first kappa shape index (κ1) is 16.8. The van der Waals surface area contributed by atoms with Gasteiger partial charge in [0, 0.05) is 24.7 Å². The molecule has 0 N–H and O–H groups in total. The first-order chi connectivity index (χ1) is 10.2. The zero-order chi connectivity index (χ0) is 16.5. The van der Waals surface area contributed by atoms with Crippen molar-refractivity contribution in [1.29, 1.82) is 0 Å². The standard InChI is InChI=1S/C16H25N3O2Si/c1-16(2)13(9-11-22(4,5)6)12-17-15(19(16)21-3)18-10-7-8-14(18)20/h12H,7-8,10H2,1-6H3. The van der Waals surface area contributed by atoms with E-state index in [0.29, 0.717) is 18.9 Å². The fraction of sp³-hybridized carbons (Fsp3) is 0.625. The number of likely N-dealkylation sites (tertiary alicyclic amines) is 1. The molecule has 0 spiro atoms. The van der Waals surface area contributed by atoms with Crippen molar-refractivity contribution in [2.45, 2.75) is 51.9 Å². The molecule has 1 amide bonds. The van der Waals surface area contributed by atoms with E-state index in [0.717, 1.165) is 12.0 Å². The molecule has 1 fully saturated rings. The van der Waals surface area contributed by atoms with Crippen LogP contribution in [0.5, 0.6) is 0 Å². The molecule has 2 heterocycles. The normalized spacial score (nSPS) is 21.3. The second-order valence-corrected chi connectivity index (χ2v) is 11.9. The molecule has 2 aliphatic heterocycles. The van der Waals surface area contributed by atoms with Crippen LogP contribution in [0.2, 0.25) is 19.6 Å². The van der Waals surface area contributed by atoms with Crippen LogP contribution in [0.1, 0.15) is 26.7 Å². The van der Waals surface area contributed by atoms with Gasteiger partial charge in [0.2, 0.25) is 11.9 Å². The predicted octanol–water partition coefficient (Wildman–Crippen LogP) is 2.39. The Morgan fingerprint density at radius 3 is 2.55 bits per heavy atom. The van der Waals surface area contributed by atoms with E-state index >= 15 is 0 Å². The van der Waals surface area contributed by atoms with E-state index in [4.69, 9.17) is 4.84 Å². The van der Waals surface area contributed by atoms with Crippen LogP contribution in [-0.2, 0) is 9.63 Å². The maximum Gasteiger partial charge on any atom is 0.233 e. The predicted molar refractivity (Wildman–Crippen MR) is 90.5 cm³/mol. The Bertz CT molecular complexity index is 591. The topological polar surface area (TPSA) is 45.1 Å². The zero-order valence-electron chi connectivity index (χ0n) is 14.4. The van der Waals surface area contributed by atoms with Gasteiger partial charge in [0.1, 0.15) is 8.07 Å². The molecule has 0 aromatic rings. The lowest BCUT2D eigenvalue weighted by atomic mass is 9.94. The maximum absolute atomic E-state index is 12.0. The van der Waals surface area contributed by atoms with Crippen LogP contribution in [-0.4, -0.2) is 49.1 Å². The number of hydrogen-bond donors (Lipinski definition) is 0. The van der Waals surface area contributed by atoms with E-state index in [1.165, 1.54) is 0 Å². The lowest BCUT2D eigenvalue weighted by Gasteiger charge is -2.42. The molecular weight excluding hydrogens is 294 g/mol. The summed E-state index contributed by atoms with van der Waals surface area (Å²) < 4.78 is 0. The number of carbonyl (C=O) groups is 1. The molecule has 0 saturated carbocycles. The van der Waals surface area contributed by atoms with Crippen LogP contribution in [0, 0.1) is 11.5 Å². The van der Waals surface area contributed by atoms with Gasteiger partial charge in [-0.15, -0.1) is 5.54 Å². The first-order valence-electron chi connectivity index (χ1n) is 7.63. The minimum Gasteiger partial charge on any atom is -0.281 e. The van der Waals surface area contributed by atoms with E-state index in [-0.39, 0.29) is 5.91 Å². The average Bonchev–Trinajstić information content (AvgIpc) is 2.81. The number of aliphatic imine (C=N–C) groups is 1. The van der Waals surface area contributed by atoms with Crippen molar-refractivity contribution in [2.75, 3.05) is 13.7 Å². The number of amides is 1. The van der Waals surface area contributed by atoms with Crippen molar-refractivity contribution in [2.24, 2.45) is 4.99 Å². The molecule has 5 nitrogen and oxygen atoms in total. The van der Waals surface area contributed by atoms with Gasteiger partial charge in [-0.1, -0.05) is 25.6 Å². The maximum atomic E-state index is 12.0. The van der Waals surface area contributed by atoms with Crippen LogP contribution in [0.4, 0.5) is 0 Å². The Labute approximate surface area is 134 Å². The van der Waals surface area contributed by atoms with Gasteiger partial charge in [0.25, 0.3) is 0 Å². The van der Waals surface area contributed by atoms with Crippen LogP contribution in [0.25, 0.3) is 0 Å². The molecule has 0 atom stereocenters. The molecule has 6 heteroatoms. The van der Waals surface area contributed by atoms with Crippen molar-refractivity contribution >= 4 is 19.9 Å². The van der Waals surface area contributed by atoms with Crippen LogP contribution >= 0.6 is 0 Å². The minimum atomic E-state index is -1.46. The third-order valence-corrected chi connectivity index (χ3v) is 4.60. The summed E-state index contributed by atoms with van der Waals surface area (Å²) in [5.41, 5.74) is 3.83. The van der Waals surface area contributed by atoms with Crippen molar-refractivity contribution < 1.29 is 9.63 Å². The molecule has 120 valence electrons. The zero-order valence-corrected chi connectivity index (χ0v) is 15.4. The summed E-state index contributed by atoms with van der Waals surface area (Å²) in [4.78, 5) is 23.7. The number of rotatable bonds is 1. The van der Waals surface area contributed by atoms with Gasteiger partial charge in [-0.25, -0.2) is 10.1 Å². The molecular formula is C16H25N3O2Si. The van der Waals surface area contributed by atoms with Crippen LogP contribution in [0.3, 0.4) is 0 Å². The molecule has 0 bridgehead atoms. The molecule has 0 aromatic heterocycles. The van der Waals surface area contributed by atoms with Gasteiger partial charge in [-0.3, -0.25) is 14.5 Å². The van der Waals surface area contributed by atoms with E-state index < -0.39 is 13.6 Å². The summed E-state index contributed by atoms with van der Waals surface area (Å²) >= 11 is 0. The van der Waals surface area contributed by atoms with Crippen molar-refractivity contribution in [3.8, 4) is 11.5 Å². The Morgan fingerprint density at radius 1 is 1.36 bits per heavy atom. The first-order valence-corrected chi connectivity index (χ1v) is 11.1. The molecule has 22 heavy (non-hydrogen) atoms. The second kappa shape index (κ2) is 5.90. The van der Waals surface area contributed by atoms with Crippen LogP contribution < -0.4 is 0 Å². The van der Waals surface area contributed by atoms with Crippen LogP contribution in [0.15, 0.2) is 16.8 Å². The highest BCUT2D eigenvalue weighted by Crippen LogP contribution is 2.30. The van der Waals surface area contributed by atoms with Gasteiger partial charge in [0.05, 0.1) is 12.6 Å². The van der Waals surface area contributed by atoms with E-state index in [9.17, 15) is 4.79 Å². The fourth-order valence-corrected chi connectivity index (χ4v) is 2.99. The highest BCUT2D eigenvalue weighted by Gasteiger charge is 2.41. The lowest BCUT2D eigenvalue weighted by molar-refractivity contribution is -0.137. The van der Waals surface area contributed by atoms with Crippen molar-refractivity contribution in [1.82, 2.24) is 9.96 Å². The Balaban J connectivity index is 2.41. The third-order valence-electron chi connectivity index (χ3n) is 3.73. The van der Waals surface area contributed by atoms with Crippen molar-refractivity contribution in [3.63, 3.8) is 0 Å². The molecule has 2 rings (SSSR count). The highest BCUT2D eigenvalue weighted by atomic mass is 28.3. The van der Waals surface area contributed by atoms with E-state index in [1.807, 2.05) is 13.8 Å². The quantitative estimate of drug-likeness (QED) is 0.551. The summed E-state index contributed by atoms with van der Waals surface area (Å²) in [5.74, 6) is 3.94. The Morgan fingerprint density at radius 2 is 2.05 bits per heavy atom.